The first-order valence-corrected chi connectivity index (χ1v) is 7.08. The minimum absolute atomic E-state index is 0.138. The van der Waals surface area contributed by atoms with Crippen molar-refractivity contribution in [1.29, 1.82) is 0 Å². The Morgan fingerprint density at radius 2 is 2.00 bits per heavy atom. The summed E-state index contributed by atoms with van der Waals surface area (Å²) in [6.07, 6.45) is 2.65. The zero-order valence-corrected chi connectivity index (χ0v) is 12.4. The van der Waals surface area contributed by atoms with Gasteiger partial charge in [0.05, 0.1) is 6.61 Å². The normalized spacial score (nSPS) is 19.1. The van der Waals surface area contributed by atoms with Gasteiger partial charge >= 0.3 is 5.97 Å². The molecule has 0 aromatic heterocycles. The van der Waals surface area contributed by atoms with E-state index in [2.05, 4.69) is 38.0 Å². The minimum Gasteiger partial charge on any atom is -0.465 e. The van der Waals surface area contributed by atoms with Crippen LogP contribution in [0.1, 0.15) is 40.5 Å². The molecule has 18 heavy (non-hydrogen) atoms. The average Bonchev–Trinajstić information content (AvgIpc) is 3.10. The maximum absolute atomic E-state index is 11.9. The zero-order valence-electron chi connectivity index (χ0n) is 12.4. The SMILES string of the molecule is CCOC(=O)C(CN(C)C(C)C1CC1)NC(C)C. The first-order valence-electron chi connectivity index (χ1n) is 7.08. The molecule has 1 N–H and O–H groups in total. The number of likely N-dealkylation sites (N-methyl/N-ethyl adjacent to an activating group) is 1. The molecule has 0 radical (unpaired) electrons. The fraction of sp³-hybridized carbons (Fsp3) is 0.929. The van der Waals surface area contributed by atoms with Crippen LogP contribution in [0.2, 0.25) is 0 Å². The highest BCUT2D eigenvalue weighted by Gasteiger charge is 2.32. The molecule has 1 aliphatic carbocycles. The first kappa shape index (κ1) is 15.4. The van der Waals surface area contributed by atoms with E-state index >= 15 is 0 Å². The number of carbonyl (C=O) groups excluding carboxylic acids is 1. The Morgan fingerprint density at radius 3 is 2.44 bits per heavy atom. The molecular weight excluding hydrogens is 228 g/mol. The second kappa shape index (κ2) is 7.10. The van der Waals surface area contributed by atoms with Gasteiger partial charge in [0.2, 0.25) is 0 Å². The second-order valence-electron chi connectivity index (χ2n) is 5.64. The van der Waals surface area contributed by atoms with Crippen molar-refractivity contribution in [2.75, 3.05) is 20.2 Å². The van der Waals surface area contributed by atoms with Crippen LogP contribution in [-0.2, 0) is 9.53 Å². The number of hydrogen-bond donors (Lipinski definition) is 1. The van der Waals surface area contributed by atoms with Gasteiger partial charge < -0.3 is 15.0 Å². The molecule has 1 aliphatic rings. The number of nitrogens with zero attached hydrogens (tertiary/aromatic N) is 1. The van der Waals surface area contributed by atoms with Gasteiger partial charge in [-0.2, -0.15) is 0 Å². The second-order valence-corrected chi connectivity index (χ2v) is 5.64. The lowest BCUT2D eigenvalue weighted by atomic mass is 10.1. The molecule has 0 bridgehead atoms. The zero-order chi connectivity index (χ0) is 13.7. The number of esters is 1. The van der Waals surface area contributed by atoms with Crippen LogP contribution in [0.5, 0.6) is 0 Å². The Kier molecular flexibility index (Phi) is 6.09. The molecule has 0 amide bonds. The summed E-state index contributed by atoms with van der Waals surface area (Å²) < 4.78 is 5.13. The summed E-state index contributed by atoms with van der Waals surface area (Å²) in [5.74, 6) is 0.679. The van der Waals surface area contributed by atoms with E-state index in [0.29, 0.717) is 19.2 Å². The Labute approximate surface area is 111 Å². The van der Waals surface area contributed by atoms with Crippen molar-refractivity contribution < 1.29 is 9.53 Å². The molecule has 0 spiro atoms. The predicted molar refractivity (Wildman–Crippen MR) is 73.5 cm³/mol. The van der Waals surface area contributed by atoms with Crippen LogP contribution in [-0.4, -0.2) is 49.2 Å². The van der Waals surface area contributed by atoms with E-state index in [-0.39, 0.29) is 18.1 Å². The minimum atomic E-state index is -0.226. The van der Waals surface area contributed by atoms with Gasteiger partial charge in [0.15, 0.2) is 0 Å². The molecule has 0 aromatic rings. The largest absolute Gasteiger partial charge is 0.465 e. The van der Waals surface area contributed by atoms with Crippen LogP contribution < -0.4 is 5.32 Å². The van der Waals surface area contributed by atoms with E-state index in [4.69, 9.17) is 4.74 Å². The van der Waals surface area contributed by atoms with Crippen LogP contribution in [0.4, 0.5) is 0 Å². The third-order valence-corrected chi connectivity index (χ3v) is 3.58. The molecule has 2 atom stereocenters. The fourth-order valence-corrected chi connectivity index (χ4v) is 2.23. The van der Waals surface area contributed by atoms with Crippen LogP contribution in [0, 0.1) is 5.92 Å². The maximum atomic E-state index is 11.9. The molecule has 0 aliphatic heterocycles. The molecule has 1 saturated carbocycles. The van der Waals surface area contributed by atoms with E-state index in [0.717, 1.165) is 5.92 Å². The molecule has 1 rings (SSSR count). The van der Waals surface area contributed by atoms with Crippen molar-refractivity contribution in [3.8, 4) is 0 Å². The van der Waals surface area contributed by atoms with Gasteiger partial charge in [-0.25, -0.2) is 0 Å². The van der Waals surface area contributed by atoms with E-state index in [1.54, 1.807) is 0 Å². The Bertz CT molecular complexity index is 265. The van der Waals surface area contributed by atoms with Gasteiger partial charge in [-0.05, 0) is 39.7 Å². The smallest absolute Gasteiger partial charge is 0.324 e. The summed E-state index contributed by atoms with van der Waals surface area (Å²) in [5, 5.41) is 3.29. The Balaban J connectivity index is 2.50. The first-order chi connectivity index (χ1) is 8.45. The molecule has 2 unspecified atom stereocenters. The van der Waals surface area contributed by atoms with Gasteiger partial charge in [-0.1, -0.05) is 13.8 Å². The van der Waals surface area contributed by atoms with Crippen molar-refractivity contribution in [2.45, 2.75) is 58.7 Å². The van der Waals surface area contributed by atoms with Crippen molar-refractivity contribution in [1.82, 2.24) is 10.2 Å². The third kappa shape index (κ3) is 4.94. The van der Waals surface area contributed by atoms with Gasteiger partial charge in [0.25, 0.3) is 0 Å². The molecule has 4 heteroatoms. The molecule has 106 valence electrons. The molecule has 4 nitrogen and oxygen atoms in total. The number of rotatable bonds is 8. The standard InChI is InChI=1S/C14H28N2O2/c1-6-18-14(17)13(15-10(2)3)9-16(5)11(4)12-7-8-12/h10-13,15H,6-9H2,1-5H3. The molecular formula is C14H28N2O2. The quantitative estimate of drug-likeness (QED) is 0.671. The number of hydrogen-bond acceptors (Lipinski definition) is 4. The lowest BCUT2D eigenvalue weighted by molar-refractivity contribution is -0.146. The van der Waals surface area contributed by atoms with Crippen LogP contribution >= 0.6 is 0 Å². The third-order valence-electron chi connectivity index (χ3n) is 3.58. The predicted octanol–water partition coefficient (Wildman–Crippen LogP) is 1.65. The van der Waals surface area contributed by atoms with Crippen LogP contribution in [0.3, 0.4) is 0 Å². The van der Waals surface area contributed by atoms with Crippen molar-refractivity contribution in [2.24, 2.45) is 5.92 Å². The van der Waals surface area contributed by atoms with Crippen LogP contribution in [0.25, 0.3) is 0 Å². The van der Waals surface area contributed by atoms with Crippen LogP contribution in [0.15, 0.2) is 0 Å². The number of carbonyl (C=O) groups is 1. The number of nitrogens with one attached hydrogen (secondary N) is 1. The summed E-state index contributed by atoms with van der Waals surface area (Å²) in [5.41, 5.74) is 0. The van der Waals surface area contributed by atoms with E-state index < -0.39 is 0 Å². The van der Waals surface area contributed by atoms with Gasteiger partial charge in [0, 0.05) is 18.6 Å². The monoisotopic (exact) mass is 256 g/mol. The summed E-state index contributed by atoms with van der Waals surface area (Å²) in [6, 6.07) is 0.607. The van der Waals surface area contributed by atoms with Crippen molar-refractivity contribution >= 4 is 5.97 Å². The van der Waals surface area contributed by atoms with Gasteiger partial charge in [0.1, 0.15) is 6.04 Å². The van der Waals surface area contributed by atoms with E-state index in [1.165, 1.54) is 12.8 Å². The summed E-state index contributed by atoms with van der Waals surface area (Å²) >= 11 is 0. The molecule has 0 saturated heterocycles. The highest BCUT2D eigenvalue weighted by Crippen LogP contribution is 2.34. The van der Waals surface area contributed by atoms with Crippen molar-refractivity contribution in [3.05, 3.63) is 0 Å². The van der Waals surface area contributed by atoms with Crippen molar-refractivity contribution in [3.63, 3.8) is 0 Å². The highest BCUT2D eigenvalue weighted by molar-refractivity contribution is 5.76. The Morgan fingerprint density at radius 1 is 1.39 bits per heavy atom. The summed E-state index contributed by atoms with van der Waals surface area (Å²) in [6.45, 7) is 9.36. The van der Waals surface area contributed by atoms with Gasteiger partial charge in [-0.3, -0.25) is 4.79 Å². The summed E-state index contributed by atoms with van der Waals surface area (Å²) in [7, 11) is 2.09. The van der Waals surface area contributed by atoms with E-state index in [1.807, 2.05) is 6.92 Å². The Hall–Kier alpha value is -0.610. The topological polar surface area (TPSA) is 41.6 Å². The number of ether oxygens (including phenoxy) is 1. The summed E-state index contributed by atoms with van der Waals surface area (Å²) in [4.78, 5) is 14.2. The molecule has 0 heterocycles. The van der Waals surface area contributed by atoms with Gasteiger partial charge in [-0.15, -0.1) is 0 Å². The lowest BCUT2D eigenvalue weighted by Gasteiger charge is -2.29. The fourth-order valence-electron chi connectivity index (χ4n) is 2.23. The molecule has 0 aromatic carbocycles. The lowest BCUT2D eigenvalue weighted by Crippen LogP contribution is -2.50. The van der Waals surface area contributed by atoms with E-state index in [9.17, 15) is 4.79 Å². The average molecular weight is 256 g/mol. The maximum Gasteiger partial charge on any atom is 0.324 e. The molecule has 1 fully saturated rings. The highest BCUT2D eigenvalue weighted by atomic mass is 16.5.